The molecule has 2 nitrogen and oxygen atoms in total. The minimum Gasteiger partial charge on any atom is -0.316 e. The van der Waals surface area contributed by atoms with Gasteiger partial charge in [0.05, 0.1) is 17.6 Å². The summed E-state index contributed by atoms with van der Waals surface area (Å²) in [7, 11) is 0. The molecule has 1 aromatic heterocycles. The van der Waals surface area contributed by atoms with Crippen molar-refractivity contribution in [3.05, 3.63) is 82.6 Å². The zero-order valence-electron chi connectivity index (χ0n) is 13.3. The van der Waals surface area contributed by atoms with Gasteiger partial charge in [-0.05, 0) is 60.9 Å². The SMILES string of the molecule is CCc1ccc(N=Cc2cccn2-c2ccc(C)c(Cl)c2)cc1. The summed E-state index contributed by atoms with van der Waals surface area (Å²) in [6.45, 7) is 4.15. The highest BCUT2D eigenvalue weighted by atomic mass is 35.5. The summed E-state index contributed by atoms with van der Waals surface area (Å²) in [5.41, 5.74) is 5.41. The van der Waals surface area contributed by atoms with Gasteiger partial charge in [0.2, 0.25) is 0 Å². The quantitative estimate of drug-likeness (QED) is 0.544. The highest BCUT2D eigenvalue weighted by molar-refractivity contribution is 6.31. The summed E-state index contributed by atoms with van der Waals surface area (Å²) >= 11 is 6.24. The normalized spacial score (nSPS) is 11.3. The molecule has 2 aromatic carbocycles. The summed E-state index contributed by atoms with van der Waals surface area (Å²) in [4.78, 5) is 4.57. The molecular formula is C20H19ClN2. The van der Waals surface area contributed by atoms with Crippen molar-refractivity contribution in [3.63, 3.8) is 0 Å². The Labute approximate surface area is 142 Å². The van der Waals surface area contributed by atoms with E-state index in [-0.39, 0.29) is 0 Å². The van der Waals surface area contributed by atoms with E-state index < -0.39 is 0 Å². The van der Waals surface area contributed by atoms with Crippen molar-refractivity contribution in [2.45, 2.75) is 20.3 Å². The van der Waals surface area contributed by atoms with Crippen molar-refractivity contribution in [3.8, 4) is 5.69 Å². The maximum absolute atomic E-state index is 6.24. The number of aromatic nitrogens is 1. The number of nitrogens with zero attached hydrogens (tertiary/aromatic N) is 2. The predicted octanol–water partition coefficient (Wildman–Crippen LogP) is 5.75. The van der Waals surface area contributed by atoms with Crippen LogP contribution >= 0.6 is 11.6 Å². The minimum absolute atomic E-state index is 0.772. The summed E-state index contributed by atoms with van der Waals surface area (Å²) < 4.78 is 2.08. The predicted molar refractivity (Wildman–Crippen MR) is 98.6 cm³/mol. The second-order valence-electron chi connectivity index (χ2n) is 5.51. The van der Waals surface area contributed by atoms with Crippen LogP contribution in [0.1, 0.15) is 23.7 Å². The van der Waals surface area contributed by atoms with Crippen molar-refractivity contribution in [2.24, 2.45) is 4.99 Å². The van der Waals surface area contributed by atoms with Crippen molar-refractivity contribution in [1.82, 2.24) is 4.57 Å². The van der Waals surface area contributed by atoms with Gasteiger partial charge in [0.25, 0.3) is 0 Å². The minimum atomic E-state index is 0.772. The van der Waals surface area contributed by atoms with E-state index in [2.05, 4.69) is 34.7 Å². The fraction of sp³-hybridized carbons (Fsp3) is 0.150. The van der Waals surface area contributed by atoms with Crippen molar-refractivity contribution in [2.75, 3.05) is 0 Å². The Hall–Kier alpha value is -2.32. The first-order valence-corrected chi connectivity index (χ1v) is 8.12. The van der Waals surface area contributed by atoms with Gasteiger partial charge in [-0.25, -0.2) is 0 Å². The van der Waals surface area contributed by atoms with Crippen LogP contribution in [-0.4, -0.2) is 10.8 Å². The zero-order valence-corrected chi connectivity index (χ0v) is 14.1. The maximum atomic E-state index is 6.24. The van der Waals surface area contributed by atoms with Crippen LogP contribution in [0.3, 0.4) is 0 Å². The van der Waals surface area contributed by atoms with E-state index in [4.69, 9.17) is 11.6 Å². The topological polar surface area (TPSA) is 17.3 Å². The van der Waals surface area contributed by atoms with Crippen LogP contribution in [0.15, 0.2) is 65.8 Å². The Balaban J connectivity index is 1.88. The fourth-order valence-electron chi connectivity index (χ4n) is 2.42. The van der Waals surface area contributed by atoms with Gasteiger partial charge in [0, 0.05) is 16.9 Å². The first-order chi connectivity index (χ1) is 11.2. The van der Waals surface area contributed by atoms with Gasteiger partial charge in [-0.2, -0.15) is 0 Å². The first kappa shape index (κ1) is 15.6. The lowest BCUT2D eigenvalue weighted by Gasteiger charge is -2.08. The summed E-state index contributed by atoms with van der Waals surface area (Å²) in [6, 6.07) is 18.4. The maximum Gasteiger partial charge on any atom is 0.0639 e. The van der Waals surface area contributed by atoms with Crippen LogP contribution in [-0.2, 0) is 6.42 Å². The van der Waals surface area contributed by atoms with Crippen LogP contribution < -0.4 is 0 Å². The van der Waals surface area contributed by atoms with Crippen molar-refractivity contribution >= 4 is 23.5 Å². The number of halogens is 1. The molecule has 0 atom stereocenters. The van der Waals surface area contributed by atoms with Crippen molar-refractivity contribution in [1.29, 1.82) is 0 Å². The largest absolute Gasteiger partial charge is 0.316 e. The molecule has 3 rings (SSSR count). The van der Waals surface area contributed by atoms with E-state index >= 15 is 0 Å². The molecule has 0 unspecified atom stereocenters. The Bertz CT molecular complexity index is 829. The van der Waals surface area contributed by atoms with Crippen LogP contribution in [0, 0.1) is 6.92 Å². The molecular weight excluding hydrogens is 304 g/mol. The van der Waals surface area contributed by atoms with Gasteiger partial charge >= 0.3 is 0 Å². The van der Waals surface area contributed by atoms with E-state index in [1.165, 1.54) is 5.56 Å². The monoisotopic (exact) mass is 322 g/mol. The summed E-state index contributed by atoms with van der Waals surface area (Å²) in [5.74, 6) is 0. The molecule has 116 valence electrons. The Morgan fingerprint density at radius 1 is 1.09 bits per heavy atom. The van der Waals surface area contributed by atoms with E-state index in [0.29, 0.717) is 0 Å². The number of aliphatic imine (C=N–C) groups is 1. The van der Waals surface area contributed by atoms with Gasteiger partial charge in [0.15, 0.2) is 0 Å². The number of aryl methyl sites for hydroxylation is 2. The van der Waals surface area contributed by atoms with Crippen LogP contribution in [0.25, 0.3) is 5.69 Å². The van der Waals surface area contributed by atoms with Crippen molar-refractivity contribution < 1.29 is 0 Å². The second kappa shape index (κ2) is 6.84. The molecule has 0 saturated carbocycles. The number of hydrogen-bond acceptors (Lipinski definition) is 1. The molecule has 3 heteroatoms. The molecule has 0 radical (unpaired) electrons. The standard InChI is InChI=1S/C20H19ClN2/c1-3-16-7-9-17(10-8-16)22-14-19-5-4-12-23(19)18-11-6-15(2)20(21)13-18/h4-14H,3H2,1-2H3. The number of hydrogen-bond donors (Lipinski definition) is 0. The molecule has 0 bridgehead atoms. The number of benzene rings is 2. The third kappa shape index (κ3) is 3.54. The van der Waals surface area contributed by atoms with E-state index in [1.807, 2.05) is 55.7 Å². The Morgan fingerprint density at radius 2 is 1.87 bits per heavy atom. The molecule has 0 amide bonds. The summed E-state index contributed by atoms with van der Waals surface area (Å²) in [5, 5.41) is 0.772. The van der Waals surface area contributed by atoms with Crippen LogP contribution in [0.5, 0.6) is 0 Å². The lowest BCUT2D eigenvalue weighted by atomic mass is 10.1. The fourth-order valence-corrected chi connectivity index (χ4v) is 2.60. The molecule has 0 spiro atoms. The van der Waals surface area contributed by atoms with E-state index in [1.54, 1.807) is 0 Å². The first-order valence-electron chi connectivity index (χ1n) is 7.74. The average molecular weight is 323 g/mol. The Morgan fingerprint density at radius 3 is 2.57 bits per heavy atom. The van der Waals surface area contributed by atoms with Gasteiger partial charge in [-0.3, -0.25) is 4.99 Å². The Kier molecular flexibility index (Phi) is 4.63. The summed E-state index contributed by atoms with van der Waals surface area (Å²) in [6.07, 6.45) is 4.94. The van der Waals surface area contributed by atoms with Gasteiger partial charge in [-0.1, -0.05) is 36.7 Å². The third-order valence-corrected chi connectivity index (χ3v) is 4.31. The molecule has 0 fully saturated rings. The molecule has 0 aliphatic rings. The van der Waals surface area contributed by atoms with Gasteiger partial charge in [-0.15, -0.1) is 0 Å². The molecule has 0 N–H and O–H groups in total. The van der Waals surface area contributed by atoms with Gasteiger partial charge < -0.3 is 4.57 Å². The molecule has 0 aliphatic heterocycles. The highest BCUT2D eigenvalue weighted by Crippen LogP contribution is 2.21. The van der Waals surface area contributed by atoms with Crippen LogP contribution in [0.2, 0.25) is 5.02 Å². The smallest absolute Gasteiger partial charge is 0.0639 e. The molecule has 0 aliphatic carbocycles. The molecule has 23 heavy (non-hydrogen) atoms. The average Bonchev–Trinajstić information content (AvgIpc) is 3.04. The molecule has 0 saturated heterocycles. The lowest BCUT2D eigenvalue weighted by molar-refractivity contribution is 1.06. The second-order valence-corrected chi connectivity index (χ2v) is 5.92. The molecule has 1 heterocycles. The van der Waals surface area contributed by atoms with E-state index in [0.717, 1.165) is 34.1 Å². The highest BCUT2D eigenvalue weighted by Gasteiger charge is 2.03. The molecule has 3 aromatic rings. The lowest BCUT2D eigenvalue weighted by Crippen LogP contribution is -1.98. The van der Waals surface area contributed by atoms with Gasteiger partial charge in [0.1, 0.15) is 0 Å². The van der Waals surface area contributed by atoms with E-state index in [9.17, 15) is 0 Å². The zero-order chi connectivity index (χ0) is 16.2. The number of rotatable bonds is 4. The van der Waals surface area contributed by atoms with Crippen LogP contribution in [0.4, 0.5) is 5.69 Å². The third-order valence-electron chi connectivity index (χ3n) is 3.90.